The van der Waals surface area contributed by atoms with Crippen LogP contribution in [0.2, 0.25) is 0 Å². The number of carboxylic acid groups (broad SMARTS) is 1. The van der Waals surface area contributed by atoms with Gasteiger partial charge >= 0.3 is 29.6 Å². The van der Waals surface area contributed by atoms with Gasteiger partial charge in [-0.15, -0.1) is 0 Å². The third-order valence-corrected chi connectivity index (χ3v) is 0.954. The number of carboxylic acids is 1. The number of benzene rings is 1. The van der Waals surface area contributed by atoms with E-state index in [1.54, 1.807) is 12.1 Å². The zero-order chi connectivity index (χ0) is 6.69. The van der Waals surface area contributed by atoms with Crippen LogP contribution in [0, 0.1) is 6.07 Å². The molecule has 0 spiro atoms. The van der Waals surface area contributed by atoms with E-state index in [0.29, 0.717) is 0 Å². The topological polar surface area (TPSA) is 37.3 Å². The summed E-state index contributed by atoms with van der Waals surface area (Å²) >= 11 is 0. The molecule has 10 heavy (non-hydrogen) atoms. The van der Waals surface area contributed by atoms with E-state index in [-0.39, 0.29) is 35.1 Å². The molecule has 3 heteroatoms. The average molecular weight is 144 g/mol. The Labute approximate surface area is 81.2 Å². The molecule has 0 aliphatic carbocycles. The minimum atomic E-state index is -0.910. The van der Waals surface area contributed by atoms with Crippen molar-refractivity contribution in [3.8, 4) is 0 Å². The molecule has 0 amide bonds. The van der Waals surface area contributed by atoms with Crippen molar-refractivity contribution in [2.45, 2.75) is 0 Å². The van der Waals surface area contributed by atoms with E-state index in [2.05, 4.69) is 6.07 Å². The van der Waals surface area contributed by atoms with Gasteiger partial charge in [-0.1, -0.05) is 5.56 Å². The zero-order valence-electron chi connectivity index (χ0n) is 5.66. The number of hydrogen-bond acceptors (Lipinski definition) is 1. The molecule has 1 aromatic carbocycles. The Morgan fingerprint density at radius 2 is 2.30 bits per heavy atom. The second-order valence-electron chi connectivity index (χ2n) is 1.60. The Kier molecular flexibility index (Phi) is 4.36. The van der Waals surface area contributed by atoms with Gasteiger partial charge in [0.25, 0.3) is 5.97 Å². The maximum atomic E-state index is 10.2. The van der Waals surface area contributed by atoms with Crippen molar-refractivity contribution in [3.63, 3.8) is 0 Å². The van der Waals surface area contributed by atoms with Gasteiger partial charge < -0.3 is 5.11 Å². The van der Waals surface area contributed by atoms with Crippen LogP contribution in [0.15, 0.2) is 24.3 Å². The molecule has 0 unspecified atom stereocenters. The summed E-state index contributed by atoms with van der Waals surface area (Å²) in [5.74, 6) is -0.910. The zero-order valence-corrected chi connectivity index (χ0v) is 7.66. The number of carbonyl (C=O) groups is 1. The minimum absolute atomic E-state index is 0. The molecule has 2 nitrogen and oxygen atoms in total. The molecular weight excluding hydrogens is 139 g/mol. The van der Waals surface area contributed by atoms with Gasteiger partial charge in [0, 0.05) is 0 Å². The van der Waals surface area contributed by atoms with Crippen molar-refractivity contribution in [3.05, 3.63) is 35.9 Å². The summed E-state index contributed by atoms with van der Waals surface area (Å²) in [5.41, 5.74) is 0.275. The first kappa shape index (κ1) is 9.69. The molecule has 0 radical (unpaired) electrons. The molecule has 0 aromatic heterocycles. The summed E-state index contributed by atoms with van der Waals surface area (Å²) in [6, 6.07) is 8.92. The monoisotopic (exact) mass is 144 g/mol. The molecule has 0 aliphatic heterocycles. The predicted octanol–water partition coefficient (Wildman–Crippen LogP) is -1.81. The maximum Gasteiger partial charge on any atom is 1.00 e. The maximum absolute atomic E-state index is 10.2. The SMILES string of the molecule is O=C(O)c1c[c-]ccc1.[Na+]. The first-order valence-corrected chi connectivity index (χ1v) is 2.50. The van der Waals surface area contributed by atoms with Gasteiger partial charge in [0.15, 0.2) is 0 Å². The first-order chi connectivity index (χ1) is 4.30. The van der Waals surface area contributed by atoms with Gasteiger partial charge in [0.05, 0.1) is 0 Å². The van der Waals surface area contributed by atoms with Crippen LogP contribution in [-0.4, -0.2) is 11.1 Å². The molecule has 0 aliphatic rings. The molecule has 46 valence electrons. The largest absolute Gasteiger partial charge is 1.00 e. The van der Waals surface area contributed by atoms with Gasteiger partial charge in [-0.05, 0) is 0 Å². The van der Waals surface area contributed by atoms with Gasteiger partial charge in [-0.3, -0.25) is 4.79 Å². The van der Waals surface area contributed by atoms with Gasteiger partial charge in [0.2, 0.25) is 0 Å². The standard InChI is InChI=1S/C7H5O2.Na/c8-7(9)6-4-2-1-3-5-6;/h1-2,4-5H,(H,8,9);/q-1;+1. The van der Waals surface area contributed by atoms with E-state index in [1.165, 1.54) is 12.1 Å². The Hall–Kier alpha value is -0.310. The summed E-state index contributed by atoms with van der Waals surface area (Å²) in [5, 5.41) is 8.36. The van der Waals surface area contributed by atoms with E-state index in [1.807, 2.05) is 0 Å². The first-order valence-electron chi connectivity index (χ1n) is 2.50. The Morgan fingerprint density at radius 3 is 2.60 bits per heavy atom. The molecule has 1 aromatic rings. The Morgan fingerprint density at radius 1 is 1.60 bits per heavy atom. The van der Waals surface area contributed by atoms with E-state index >= 15 is 0 Å². The third kappa shape index (κ3) is 2.52. The van der Waals surface area contributed by atoms with E-state index < -0.39 is 5.97 Å². The molecular formula is C7H5NaO2. The van der Waals surface area contributed by atoms with Crippen molar-refractivity contribution in [2.24, 2.45) is 0 Å². The van der Waals surface area contributed by atoms with Crippen LogP contribution < -0.4 is 29.6 Å². The molecule has 0 fully saturated rings. The van der Waals surface area contributed by atoms with Crippen LogP contribution in [0.1, 0.15) is 10.4 Å². The molecule has 0 saturated heterocycles. The molecule has 0 saturated carbocycles. The predicted molar refractivity (Wildman–Crippen MR) is 32.2 cm³/mol. The second-order valence-corrected chi connectivity index (χ2v) is 1.60. The summed E-state index contributed by atoms with van der Waals surface area (Å²) in [6.45, 7) is 0. The van der Waals surface area contributed by atoms with Gasteiger partial charge in [-0.2, -0.15) is 30.3 Å². The fraction of sp³-hybridized carbons (Fsp3) is 0. The quantitative estimate of drug-likeness (QED) is 0.372. The van der Waals surface area contributed by atoms with Gasteiger partial charge in [0.1, 0.15) is 0 Å². The number of aromatic carboxylic acids is 1. The van der Waals surface area contributed by atoms with E-state index in [4.69, 9.17) is 5.11 Å². The summed E-state index contributed by atoms with van der Waals surface area (Å²) in [7, 11) is 0. The van der Waals surface area contributed by atoms with Crippen molar-refractivity contribution in [1.82, 2.24) is 0 Å². The molecule has 0 atom stereocenters. The Bertz CT molecular complexity index is 208. The van der Waals surface area contributed by atoms with Crippen molar-refractivity contribution < 1.29 is 39.5 Å². The Balaban J connectivity index is 0.000000810. The normalized spacial score (nSPS) is 8.00. The van der Waals surface area contributed by atoms with E-state index in [0.717, 1.165) is 0 Å². The van der Waals surface area contributed by atoms with Crippen LogP contribution in [0.25, 0.3) is 0 Å². The molecule has 0 heterocycles. The van der Waals surface area contributed by atoms with Gasteiger partial charge in [-0.25, -0.2) is 0 Å². The number of hydrogen-bond donors (Lipinski definition) is 1. The van der Waals surface area contributed by atoms with E-state index in [9.17, 15) is 4.79 Å². The fourth-order valence-electron chi connectivity index (χ4n) is 0.526. The summed E-state index contributed by atoms with van der Waals surface area (Å²) in [6.07, 6.45) is 0. The average Bonchev–Trinajstić information content (AvgIpc) is 1.90. The fourth-order valence-corrected chi connectivity index (χ4v) is 0.526. The van der Waals surface area contributed by atoms with Crippen LogP contribution in [0.5, 0.6) is 0 Å². The van der Waals surface area contributed by atoms with Crippen LogP contribution >= 0.6 is 0 Å². The van der Waals surface area contributed by atoms with Crippen molar-refractivity contribution >= 4 is 5.97 Å². The summed E-state index contributed by atoms with van der Waals surface area (Å²) in [4.78, 5) is 10.2. The smallest absolute Gasteiger partial charge is 0.487 e. The van der Waals surface area contributed by atoms with Crippen LogP contribution in [0.3, 0.4) is 0 Å². The number of rotatable bonds is 1. The second kappa shape index (κ2) is 4.50. The third-order valence-electron chi connectivity index (χ3n) is 0.954. The van der Waals surface area contributed by atoms with Crippen molar-refractivity contribution in [1.29, 1.82) is 0 Å². The molecule has 1 N–H and O–H groups in total. The van der Waals surface area contributed by atoms with Crippen LogP contribution in [0.4, 0.5) is 0 Å². The molecule has 1 rings (SSSR count). The van der Waals surface area contributed by atoms with Crippen LogP contribution in [-0.2, 0) is 0 Å². The molecule has 0 bridgehead atoms. The van der Waals surface area contributed by atoms with Crippen molar-refractivity contribution in [2.75, 3.05) is 0 Å². The summed E-state index contributed by atoms with van der Waals surface area (Å²) < 4.78 is 0. The minimum Gasteiger partial charge on any atom is -0.487 e.